The van der Waals surface area contributed by atoms with E-state index in [1.165, 1.54) is 12.1 Å². The highest BCUT2D eigenvalue weighted by Crippen LogP contribution is 2.18. The lowest BCUT2D eigenvalue weighted by molar-refractivity contribution is 0.584. The van der Waals surface area contributed by atoms with Crippen molar-refractivity contribution < 1.29 is 8.78 Å². The van der Waals surface area contributed by atoms with Crippen LogP contribution in [0.2, 0.25) is 0 Å². The standard InChI is InChI=1S/C11H8F2N2/c1-7-2-3-11(15-14-7)8-4-9(12)6-10(13)5-8/h2-6H,1H3. The summed E-state index contributed by atoms with van der Waals surface area (Å²) in [5.74, 6) is -1.24. The highest BCUT2D eigenvalue weighted by atomic mass is 19.1. The van der Waals surface area contributed by atoms with Gasteiger partial charge in [-0.05, 0) is 31.2 Å². The molecule has 0 aliphatic rings. The van der Waals surface area contributed by atoms with Crippen molar-refractivity contribution in [2.45, 2.75) is 6.92 Å². The molecule has 2 nitrogen and oxygen atoms in total. The summed E-state index contributed by atoms with van der Waals surface area (Å²) in [6, 6.07) is 6.69. The van der Waals surface area contributed by atoms with Gasteiger partial charge in [-0.15, -0.1) is 0 Å². The van der Waals surface area contributed by atoms with Gasteiger partial charge in [0.25, 0.3) is 0 Å². The third-order valence-electron chi connectivity index (χ3n) is 1.96. The summed E-state index contributed by atoms with van der Waals surface area (Å²) in [7, 11) is 0. The maximum atomic E-state index is 12.9. The Kier molecular flexibility index (Phi) is 2.41. The SMILES string of the molecule is Cc1ccc(-c2cc(F)cc(F)c2)nn1. The third-order valence-corrected chi connectivity index (χ3v) is 1.96. The summed E-state index contributed by atoms with van der Waals surface area (Å²) in [5.41, 5.74) is 1.61. The number of halogens is 2. The Labute approximate surface area is 85.6 Å². The molecule has 0 aliphatic carbocycles. The summed E-state index contributed by atoms with van der Waals surface area (Å²) in [5, 5.41) is 7.67. The summed E-state index contributed by atoms with van der Waals surface area (Å²) in [4.78, 5) is 0. The summed E-state index contributed by atoms with van der Waals surface area (Å²) >= 11 is 0. The second-order valence-electron chi connectivity index (χ2n) is 3.22. The van der Waals surface area contributed by atoms with Crippen LogP contribution in [0.5, 0.6) is 0 Å². The van der Waals surface area contributed by atoms with Gasteiger partial charge in [0.05, 0.1) is 11.4 Å². The van der Waals surface area contributed by atoms with E-state index >= 15 is 0 Å². The third kappa shape index (κ3) is 2.15. The zero-order chi connectivity index (χ0) is 10.8. The molecule has 0 saturated carbocycles. The van der Waals surface area contributed by atoms with E-state index in [2.05, 4.69) is 10.2 Å². The monoisotopic (exact) mass is 206 g/mol. The zero-order valence-corrected chi connectivity index (χ0v) is 8.04. The maximum absolute atomic E-state index is 12.9. The van der Waals surface area contributed by atoms with E-state index in [0.717, 1.165) is 11.8 Å². The molecule has 0 aliphatic heterocycles. The van der Waals surface area contributed by atoms with Crippen LogP contribution in [0.3, 0.4) is 0 Å². The van der Waals surface area contributed by atoms with Crippen molar-refractivity contribution in [3.8, 4) is 11.3 Å². The molecule has 2 rings (SSSR count). The van der Waals surface area contributed by atoms with Gasteiger partial charge in [-0.3, -0.25) is 0 Å². The summed E-state index contributed by atoms with van der Waals surface area (Å²) in [6.45, 7) is 1.79. The first-order valence-corrected chi connectivity index (χ1v) is 4.42. The Bertz CT molecular complexity index is 460. The molecule has 0 N–H and O–H groups in total. The van der Waals surface area contributed by atoms with Crippen molar-refractivity contribution in [3.05, 3.63) is 47.7 Å². The Hall–Kier alpha value is -1.84. The lowest BCUT2D eigenvalue weighted by atomic mass is 10.1. The van der Waals surface area contributed by atoms with Crippen LogP contribution >= 0.6 is 0 Å². The van der Waals surface area contributed by atoms with Crippen molar-refractivity contribution in [2.24, 2.45) is 0 Å². The predicted molar refractivity (Wildman–Crippen MR) is 52.1 cm³/mol. The first-order chi connectivity index (χ1) is 7.15. The second kappa shape index (κ2) is 3.73. The Morgan fingerprint density at radius 3 is 2.13 bits per heavy atom. The highest BCUT2D eigenvalue weighted by molar-refractivity contribution is 5.58. The minimum Gasteiger partial charge on any atom is -0.207 e. The van der Waals surface area contributed by atoms with Gasteiger partial charge in [0.15, 0.2) is 0 Å². The molecule has 0 unspecified atom stereocenters. The molecule has 1 aromatic carbocycles. The fourth-order valence-corrected chi connectivity index (χ4v) is 1.25. The van der Waals surface area contributed by atoms with Crippen molar-refractivity contribution >= 4 is 0 Å². The molecule has 0 bridgehead atoms. The van der Waals surface area contributed by atoms with Gasteiger partial charge in [0, 0.05) is 11.6 Å². The number of rotatable bonds is 1. The predicted octanol–water partition coefficient (Wildman–Crippen LogP) is 2.73. The molecule has 0 amide bonds. The van der Waals surface area contributed by atoms with Crippen LogP contribution < -0.4 is 0 Å². The first-order valence-electron chi connectivity index (χ1n) is 4.42. The minimum atomic E-state index is -0.618. The van der Waals surface area contributed by atoms with Crippen molar-refractivity contribution in [1.29, 1.82) is 0 Å². The van der Waals surface area contributed by atoms with E-state index in [9.17, 15) is 8.78 Å². The Morgan fingerprint density at radius 2 is 1.60 bits per heavy atom. The van der Waals surface area contributed by atoms with E-state index < -0.39 is 11.6 Å². The van der Waals surface area contributed by atoms with Crippen LogP contribution in [-0.2, 0) is 0 Å². The van der Waals surface area contributed by atoms with Gasteiger partial charge >= 0.3 is 0 Å². The van der Waals surface area contributed by atoms with Gasteiger partial charge in [0.2, 0.25) is 0 Å². The minimum absolute atomic E-state index is 0.389. The Morgan fingerprint density at radius 1 is 0.933 bits per heavy atom. The molecular formula is C11H8F2N2. The average molecular weight is 206 g/mol. The fraction of sp³-hybridized carbons (Fsp3) is 0.0909. The highest BCUT2D eigenvalue weighted by Gasteiger charge is 2.04. The molecule has 0 spiro atoms. The van der Waals surface area contributed by atoms with Gasteiger partial charge in [-0.25, -0.2) is 8.78 Å². The largest absolute Gasteiger partial charge is 0.207 e. The van der Waals surface area contributed by atoms with E-state index in [4.69, 9.17) is 0 Å². The van der Waals surface area contributed by atoms with E-state index in [1.807, 2.05) is 0 Å². The van der Waals surface area contributed by atoms with Gasteiger partial charge in [-0.1, -0.05) is 0 Å². The van der Waals surface area contributed by atoms with E-state index in [0.29, 0.717) is 11.3 Å². The normalized spacial score (nSPS) is 10.3. The zero-order valence-electron chi connectivity index (χ0n) is 8.04. The van der Waals surface area contributed by atoms with Crippen molar-refractivity contribution in [1.82, 2.24) is 10.2 Å². The average Bonchev–Trinajstić information content (AvgIpc) is 2.17. The lowest BCUT2D eigenvalue weighted by Gasteiger charge is -2.00. The topological polar surface area (TPSA) is 25.8 Å². The molecule has 1 heterocycles. The molecule has 76 valence electrons. The molecule has 0 fully saturated rings. The molecule has 0 atom stereocenters. The van der Waals surface area contributed by atoms with Crippen LogP contribution in [-0.4, -0.2) is 10.2 Å². The number of hydrogen-bond acceptors (Lipinski definition) is 2. The molecule has 0 saturated heterocycles. The molecular weight excluding hydrogens is 198 g/mol. The maximum Gasteiger partial charge on any atom is 0.126 e. The smallest absolute Gasteiger partial charge is 0.126 e. The Balaban J connectivity index is 2.49. The van der Waals surface area contributed by atoms with Crippen LogP contribution in [0.1, 0.15) is 5.69 Å². The molecule has 0 radical (unpaired) electrons. The number of benzene rings is 1. The summed E-state index contributed by atoms with van der Waals surface area (Å²) in [6.07, 6.45) is 0. The van der Waals surface area contributed by atoms with E-state index in [-0.39, 0.29) is 0 Å². The number of aryl methyl sites for hydroxylation is 1. The quantitative estimate of drug-likeness (QED) is 0.716. The fourth-order valence-electron chi connectivity index (χ4n) is 1.25. The number of nitrogens with zero attached hydrogens (tertiary/aromatic N) is 2. The van der Waals surface area contributed by atoms with Gasteiger partial charge in [-0.2, -0.15) is 10.2 Å². The van der Waals surface area contributed by atoms with Crippen molar-refractivity contribution in [2.75, 3.05) is 0 Å². The van der Waals surface area contributed by atoms with Crippen LogP contribution in [0, 0.1) is 18.6 Å². The van der Waals surface area contributed by atoms with Crippen LogP contribution in [0.4, 0.5) is 8.78 Å². The number of hydrogen-bond donors (Lipinski definition) is 0. The second-order valence-corrected chi connectivity index (χ2v) is 3.22. The van der Waals surface area contributed by atoms with Gasteiger partial charge in [0.1, 0.15) is 11.6 Å². The van der Waals surface area contributed by atoms with Crippen molar-refractivity contribution in [3.63, 3.8) is 0 Å². The molecule has 15 heavy (non-hydrogen) atoms. The number of aromatic nitrogens is 2. The van der Waals surface area contributed by atoms with Crippen LogP contribution in [0.25, 0.3) is 11.3 Å². The van der Waals surface area contributed by atoms with Crippen LogP contribution in [0.15, 0.2) is 30.3 Å². The van der Waals surface area contributed by atoms with E-state index in [1.54, 1.807) is 19.1 Å². The van der Waals surface area contributed by atoms with Gasteiger partial charge < -0.3 is 0 Å². The summed E-state index contributed by atoms with van der Waals surface area (Å²) < 4.78 is 25.8. The molecule has 4 heteroatoms. The molecule has 2 aromatic rings. The first kappa shape index (κ1) is 9.71. The molecule has 1 aromatic heterocycles. The lowest BCUT2D eigenvalue weighted by Crippen LogP contribution is -1.91.